The zero-order chi connectivity index (χ0) is 10.8. The first-order chi connectivity index (χ1) is 6.44. The molecule has 0 unspecified atom stereocenters. The lowest BCUT2D eigenvalue weighted by molar-refractivity contribution is -0.160. The zero-order valence-corrected chi connectivity index (χ0v) is 8.02. The van der Waals surface area contributed by atoms with Gasteiger partial charge in [0, 0.05) is 18.3 Å². The number of aliphatic carboxylic acids is 2. The lowest BCUT2D eigenvalue weighted by Crippen LogP contribution is -2.47. The molecule has 1 rings (SSSR count). The molecule has 5 heteroatoms. The Morgan fingerprint density at radius 2 is 1.71 bits per heavy atom. The molecule has 14 heavy (non-hydrogen) atoms. The quantitative estimate of drug-likeness (QED) is 0.681. The van der Waals surface area contributed by atoms with Crippen LogP contribution in [0.3, 0.4) is 0 Å². The van der Waals surface area contributed by atoms with Gasteiger partial charge in [0.1, 0.15) is 0 Å². The van der Waals surface area contributed by atoms with E-state index in [0.29, 0.717) is 13.2 Å². The smallest absolute Gasteiger partial charge is 0.303 e. The van der Waals surface area contributed by atoms with Crippen LogP contribution in [0.2, 0.25) is 0 Å². The first kappa shape index (κ1) is 11.0. The topological polar surface area (TPSA) is 83.8 Å². The first-order valence-corrected chi connectivity index (χ1v) is 4.45. The molecular formula is C9H14O5. The summed E-state index contributed by atoms with van der Waals surface area (Å²) >= 11 is 0. The molecule has 1 fully saturated rings. The highest BCUT2D eigenvalue weighted by molar-refractivity contribution is 5.71. The van der Waals surface area contributed by atoms with Crippen molar-refractivity contribution in [3.63, 3.8) is 0 Å². The Balaban J connectivity index is 2.60. The Kier molecular flexibility index (Phi) is 3.10. The Morgan fingerprint density at radius 3 is 1.93 bits per heavy atom. The third kappa shape index (κ3) is 2.45. The fraction of sp³-hybridized carbons (Fsp3) is 0.778. The second kappa shape index (κ2) is 3.96. The van der Waals surface area contributed by atoms with E-state index in [0.717, 1.165) is 0 Å². The van der Waals surface area contributed by atoms with E-state index in [1.807, 2.05) is 6.92 Å². The number of ether oxygens (including phenoxy) is 1. The summed E-state index contributed by atoms with van der Waals surface area (Å²) in [5, 5.41) is 17.3. The van der Waals surface area contributed by atoms with Crippen LogP contribution in [0, 0.1) is 11.3 Å². The van der Waals surface area contributed by atoms with Gasteiger partial charge in [-0.05, 0) is 5.92 Å². The van der Waals surface area contributed by atoms with Gasteiger partial charge in [-0.1, -0.05) is 6.92 Å². The Labute approximate surface area is 81.7 Å². The lowest BCUT2D eigenvalue weighted by atomic mass is 9.72. The minimum Gasteiger partial charge on any atom is -0.481 e. The van der Waals surface area contributed by atoms with Crippen LogP contribution in [-0.4, -0.2) is 35.4 Å². The van der Waals surface area contributed by atoms with Crippen molar-refractivity contribution < 1.29 is 24.5 Å². The number of carbonyl (C=O) groups is 2. The van der Waals surface area contributed by atoms with E-state index in [4.69, 9.17) is 14.9 Å². The summed E-state index contributed by atoms with van der Waals surface area (Å²) in [6, 6.07) is 0. The van der Waals surface area contributed by atoms with Gasteiger partial charge in [-0.3, -0.25) is 9.59 Å². The van der Waals surface area contributed by atoms with Crippen molar-refractivity contribution in [1.29, 1.82) is 0 Å². The van der Waals surface area contributed by atoms with Crippen molar-refractivity contribution in [2.24, 2.45) is 11.3 Å². The predicted molar refractivity (Wildman–Crippen MR) is 46.9 cm³/mol. The van der Waals surface area contributed by atoms with Crippen LogP contribution in [0.1, 0.15) is 19.8 Å². The number of carboxylic acid groups (broad SMARTS) is 2. The molecule has 0 spiro atoms. The average molecular weight is 202 g/mol. The molecule has 1 saturated heterocycles. The SMILES string of the molecule is CC1(C(CC(=O)O)CC(=O)O)COC1. The average Bonchev–Trinajstić information content (AvgIpc) is 1.97. The van der Waals surface area contributed by atoms with Crippen molar-refractivity contribution in [1.82, 2.24) is 0 Å². The molecule has 0 aromatic rings. The van der Waals surface area contributed by atoms with Crippen molar-refractivity contribution in [2.45, 2.75) is 19.8 Å². The molecule has 5 nitrogen and oxygen atoms in total. The lowest BCUT2D eigenvalue weighted by Gasteiger charge is -2.43. The van der Waals surface area contributed by atoms with Crippen LogP contribution in [-0.2, 0) is 14.3 Å². The molecule has 0 aromatic carbocycles. The fourth-order valence-corrected chi connectivity index (χ4v) is 1.65. The minimum atomic E-state index is -0.954. The molecule has 0 bridgehead atoms. The Hall–Kier alpha value is -1.10. The summed E-state index contributed by atoms with van der Waals surface area (Å²) in [6.45, 7) is 2.78. The molecule has 1 aliphatic heterocycles. The highest BCUT2D eigenvalue weighted by Gasteiger charge is 2.42. The van der Waals surface area contributed by atoms with Crippen LogP contribution in [0.4, 0.5) is 0 Å². The van der Waals surface area contributed by atoms with Crippen LogP contribution in [0.15, 0.2) is 0 Å². The van der Waals surface area contributed by atoms with E-state index in [1.165, 1.54) is 0 Å². The van der Waals surface area contributed by atoms with Crippen LogP contribution < -0.4 is 0 Å². The second-order valence-electron chi connectivity index (χ2n) is 4.04. The van der Waals surface area contributed by atoms with E-state index in [-0.39, 0.29) is 24.2 Å². The summed E-state index contributed by atoms with van der Waals surface area (Å²) in [6.07, 6.45) is -0.210. The maximum Gasteiger partial charge on any atom is 0.303 e. The number of rotatable bonds is 5. The first-order valence-electron chi connectivity index (χ1n) is 4.45. The van der Waals surface area contributed by atoms with Crippen molar-refractivity contribution >= 4 is 11.9 Å². The molecule has 0 radical (unpaired) electrons. The van der Waals surface area contributed by atoms with Gasteiger partial charge in [0.05, 0.1) is 13.2 Å². The molecule has 1 heterocycles. The number of hydrogen-bond acceptors (Lipinski definition) is 3. The van der Waals surface area contributed by atoms with Crippen molar-refractivity contribution in [2.75, 3.05) is 13.2 Å². The minimum absolute atomic E-state index is 0.105. The summed E-state index contributed by atoms with van der Waals surface area (Å²) in [7, 11) is 0. The van der Waals surface area contributed by atoms with E-state index >= 15 is 0 Å². The van der Waals surface area contributed by atoms with Crippen LogP contribution in [0.25, 0.3) is 0 Å². The van der Waals surface area contributed by atoms with Gasteiger partial charge in [-0.2, -0.15) is 0 Å². The maximum absolute atomic E-state index is 10.5. The molecule has 0 saturated carbocycles. The normalized spacial score (nSPS) is 19.0. The maximum atomic E-state index is 10.5. The van der Waals surface area contributed by atoms with E-state index < -0.39 is 11.9 Å². The summed E-state index contributed by atoms with van der Waals surface area (Å²) in [5.41, 5.74) is -0.281. The third-order valence-electron chi connectivity index (χ3n) is 2.69. The van der Waals surface area contributed by atoms with Crippen molar-refractivity contribution in [3.05, 3.63) is 0 Å². The van der Waals surface area contributed by atoms with E-state index in [2.05, 4.69) is 0 Å². The molecule has 0 aromatic heterocycles. The predicted octanol–water partition coefficient (Wildman–Crippen LogP) is 0.588. The zero-order valence-electron chi connectivity index (χ0n) is 8.02. The Morgan fingerprint density at radius 1 is 1.29 bits per heavy atom. The highest BCUT2D eigenvalue weighted by atomic mass is 16.5. The summed E-state index contributed by atoms with van der Waals surface area (Å²) in [5.74, 6) is -2.25. The van der Waals surface area contributed by atoms with Gasteiger partial charge in [-0.15, -0.1) is 0 Å². The molecule has 0 atom stereocenters. The highest BCUT2D eigenvalue weighted by Crippen LogP contribution is 2.39. The summed E-state index contributed by atoms with van der Waals surface area (Å²) < 4.78 is 5.00. The van der Waals surface area contributed by atoms with Crippen LogP contribution in [0.5, 0.6) is 0 Å². The molecule has 2 N–H and O–H groups in total. The molecule has 1 aliphatic rings. The standard InChI is InChI=1S/C9H14O5/c1-9(4-14-5-9)6(2-7(10)11)3-8(12)13/h6H,2-5H2,1H3,(H,10,11)(H,12,13). The molecular weight excluding hydrogens is 188 g/mol. The molecule has 80 valence electrons. The van der Waals surface area contributed by atoms with Gasteiger partial charge < -0.3 is 14.9 Å². The second-order valence-corrected chi connectivity index (χ2v) is 4.04. The Bertz CT molecular complexity index is 228. The van der Waals surface area contributed by atoms with Gasteiger partial charge in [0.15, 0.2) is 0 Å². The fourth-order valence-electron chi connectivity index (χ4n) is 1.65. The van der Waals surface area contributed by atoms with E-state index in [1.54, 1.807) is 0 Å². The van der Waals surface area contributed by atoms with Crippen LogP contribution >= 0.6 is 0 Å². The number of carboxylic acids is 2. The molecule has 0 amide bonds. The van der Waals surface area contributed by atoms with Gasteiger partial charge in [0.2, 0.25) is 0 Å². The van der Waals surface area contributed by atoms with Gasteiger partial charge in [0.25, 0.3) is 0 Å². The van der Waals surface area contributed by atoms with E-state index in [9.17, 15) is 9.59 Å². The summed E-state index contributed by atoms with van der Waals surface area (Å²) in [4.78, 5) is 21.1. The third-order valence-corrected chi connectivity index (χ3v) is 2.69. The molecule has 0 aliphatic carbocycles. The monoisotopic (exact) mass is 202 g/mol. The van der Waals surface area contributed by atoms with Gasteiger partial charge >= 0.3 is 11.9 Å². The van der Waals surface area contributed by atoms with Crippen molar-refractivity contribution in [3.8, 4) is 0 Å². The largest absolute Gasteiger partial charge is 0.481 e. The van der Waals surface area contributed by atoms with Gasteiger partial charge in [-0.25, -0.2) is 0 Å². The number of hydrogen-bond donors (Lipinski definition) is 2.